The molecule has 1 unspecified atom stereocenters. The second-order valence-electron chi connectivity index (χ2n) is 5.71. The van der Waals surface area contributed by atoms with Gasteiger partial charge in [0.25, 0.3) is 0 Å². The average Bonchev–Trinajstić information content (AvgIpc) is 2.38. The Morgan fingerprint density at radius 1 is 1.30 bits per heavy atom. The lowest BCUT2D eigenvalue weighted by Crippen LogP contribution is -2.53. The van der Waals surface area contributed by atoms with E-state index < -0.39 is 11.7 Å². The van der Waals surface area contributed by atoms with Gasteiger partial charge in [0, 0.05) is 31.4 Å². The zero-order valence-electron chi connectivity index (χ0n) is 12.1. The molecule has 1 aliphatic heterocycles. The van der Waals surface area contributed by atoms with Gasteiger partial charge in [-0.3, -0.25) is 0 Å². The van der Waals surface area contributed by atoms with Gasteiger partial charge in [0.15, 0.2) is 0 Å². The first-order valence-corrected chi connectivity index (χ1v) is 6.96. The van der Waals surface area contributed by atoms with Crippen LogP contribution in [0.25, 0.3) is 0 Å². The quantitative estimate of drug-likeness (QED) is 0.896. The molecule has 112 valence electrons. The maximum absolute atomic E-state index is 13.0. The van der Waals surface area contributed by atoms with Gasteiger partial charge in [-0.1, -0.05) is 19.9 Å². The number of rotatable bonds is 2. The largest absolute Gasteiger partial charge is 0.416 e. The van der Waals surface area contributed by atoms with E-state index in [4.69, 9.17) is 0 Å². The molecule has 1 N–H and O–H groups in total. The molecule has 2 rings (SSSR count). The van der Waals surface area contributed by atoms with Crippen molar-refractivity contribution in [1.29, 1.82) is 0 Å². The molecule has 1 fully saturated rings. The number of alkyl halides is 3. The van der Waals surface area contributed by atoms with Crippen molar-refractivity contribution < 1.29 is 13.2 Å². The Morgan fingerprint density at radius 2 is 2.00 bits per heavy atom. The first-order valence-electron chi connectivity index (χ1n) is 6.96. The van der Waals surface area contributed by atoms with Crippen LogP contribution in [-0.4, -0.2) is 25.7 Å². The highest BCUT2D eigenvalue weighted by Crippen LogP contribution is 2.35. The van der Waals surface area contributed by atoms with E-state index in [1.807, 2.05) is 0 Å². The van der Waals surface area contributed by atoms with Crippen LogP contribution < -0.4 is 10.2 Å². The summed E-state index contributed by atoms with van der Waals surface area (Å²) >= 11 is 0. The highest BCUT2D eigenvalue weighted by molar-refractivity contribution is 5.53. The lowest BCUT2D eigenvalue weighted by Gasteiger charge is -2.40. The van der Waals surface area contributed by atoms with Crippen LogP contribution in [0.2, 0.25) is 0 Å². The first-order chi connectivity index (χ1) is 9.30. The molecular formula is C15H21F3N2. The Labute approximate surface area is 118 Å². The van der Waals surface area contributed by atoms with Crippen LogP contribution >= 0.6 is 0 Å². The molecule has 0 amide bonds. The van der Waals surface area contributed by atoms with E-state index in [1.54, 1.807) is 12.1 Å². The van der Waals surface area contributed by atoms with E-state index >= 15 is 0 Å². The second-order valence-corrected chi connectivity index (χ2v) is 5.71. The van der Waals surface area contributed by atoms with E-state index in [2.05, 4.69) is 24.1 Å². The van der Waals surface area contributed by atoms with E-state index in [-0.39, 0.29) is 11.6 Å². The second kappa shape index (κ2) is 5.64. The summed E-state index contributed by atoms with van der Waals surface area (Å²) in [5.41, 5.74) is 0.414. The summed E-state index contributed by atoms with van der Waals surface area (Å²) in [7, 11) is 0. The number of benzene rings is 1. The van der Waals surface area contributed by atoms with Crippen molar-refractivity contribution in [2.45, 2.75) is 33.0 Å². The Bertz CT molecular complexity index is 469. The smallest absolute Gasteiger partial charge is 0.366 e. The molecule has 1 aromatic rings. The minimum Gasteiger partial charge on any atom is -0.366 e. The molecule has 0 aromatic heterocycles. The third kappa shape index (κ3) is 3.08. The van der Waals surface area contributed by atoms with Crippen molar-refractivity contribution in [3.05, 3.63) is 29.3 Å². The van der Waals surface area contributed by atoms with Crippen LogP contribution in [0.4, 0.5) is 18.9 Å². The van der Waals surface area contributed by atoms with Crippen LogP contribution in [-0.2, 0) is 6.18 Å². The number of anilines is 1. The Hall–Kier alpha value is -1.23. The first kappa shape index (κ1) is 15.2. The lowest BCUT2D eigenvalue weighted by atomic mass is 9.98. The van der Waals surface area contributed by atoms with Gasteiger partial charge in [-0.2, -0.15) is 13.2 Å². The summed E-state index contributed by atoms with van der Waals surface area (Å²) in [5.74, 6) is 0.387. The molecule has 1 heterocycles. The van der Waals surface area contributed by atoms with Crippen molar-refractivity contribution in [2.75, 3.05) is 24.5 Å². The van der Waals surface area contributed by atoms with Crippen molar-refractivity contribution in [3.63, 3.8) is 0 Å². The summed E-state index contributed by atoms with van der Waals surface area (Å²) in [6.07, 6.45) is -4.29. The molecule has 0 spiro atoms. The molecule has 20 heavy (non-hydrogen) atoms. The predicted octanol–water partition coefficient (Wildman–Crippen LogP) is 3.45. The Kier molecular flexibility index (Phi) is 4.28. The van der Waals surface area contributed by atoms with E-state index in [9.17, 15) is 13.2 Å². The van der Waals surface area contributed by atoms with Gasteiger partial charge in [-0.25, -0.2) is 0 Å². The molecule has 1 aromatic carbocycles. The SMILES string of the molecule is Cc1ccc(N2CCNCC2C(C)C)cc1C(F)(F)F. The topological polar surface area (TPSA) is 15.3 Å². The molecule has 0 radical (unpaired) electrons. The van der Waals surface area contributed by atoms with Crippen LogP contribution in [0, 0.1) is 12.8 Å². The molecule has 5 heteroatoms. The number of halogens is 3. The third-order valence-corrected chi connectivity index (χ3v) is 3.91. The van der Waals surface area contributed by atoms with Gasteiger partial charge in [0.2, 0.25) is 0 Å². The van der Waals surface area contributed by atoms with E-state index in [0.717, 1.165) is 19.6 Å². The minimum absolute atomic E-state index is 0.229. The van der Waals surface area contributed by atoms with Crippen molar-refractivity contribution in [3.8, 4) is 0 Å². The molecule has 0 bridgehead atoms. The Balaban J connectivity index is 2.36. The number of hydrogen-bond donors (Lipinski definition) is 1. The van der Waals surface area contributed by atoms with Crippen molar-refractivity contribution in [2.24, 2.45) is 5.92 Å². The van der Waals surface area contributed by atoms with Gasteiger partial charge in [0.1, 0.15) is 0 Å². The number of piperazine rings is 1. The van der Waals surface area contributed by atoms with Gasteiger partial charge >= 0.3 is 6.18 Å². The van der Waals surface area contributed by atoms with Crippen molar-refractivity contribution in [1.82, 2.24) is 5.32 Å². The number of aryl methyl sites for hydroxylation is 1. The van der Waals surface area contributed by atoms with Crippen LogP contribution in [0.15, 0.2) is 18.2 Å². The zero-order chi connectivity index (χ0) is 14.9. The molecular weight excluding hydrogens is 265 g/mol. The average molecular weight is 286 g/mol. The summed E-state index contributed by atoms with van der Waals surface area (Å²) in [6, 6.07) is 4.88. The molecule has 0 aliphatic carbocycles. The maximum Gasteiger partial charge on any atom is 0.416 e. The van der Waals surface area contributed by atoms with Crippen LogP contribution in [0.1, 0.15) is 25.0 Å². The van der Waals surface area contributed by atoms with E-state index in [1.165, 1.54) is 13.0 Å². The normalized spacial score (nSPS) is 20.6. The minimum atomic E-state index is -4.29. The third-order valence-electron chi connectivity index (χ3n) is 3.91. The fourth-order valence-corrected chi connectivity index (χ4v) is 2.74. The van der Waals surface area contributed by atoms with Crippen LogP contribution in [0.5, 0.6) is 0 Å². The fraction of sp³-hybridized carbons (Fsp3) is 0.600. The number of nitrogens with one attached hydrogen (secondary N) is 1. The predicted molar refractivity (Wildman–Crippen MR) is 75.0 cm³/mol. The van der Waals surface area contributed by atoms with Crippen molar-refractivity contribution >= 4 is 5.69 Å². The summed E-state index contributed by atoms with van der Waals surface area (Å²) in [4.78, 5) is 2.09. The molecule has 1 atom stereocenters. The molecule has 1 saturated heterocycles. The molecule has 0 saturated carbocycles. The lowest BCUT2D eigenvalue weighted by molar-refractivity contribution is -0.138. The standard InChI is InChI=1S/C15H21F3N2/c1-10(2)14-9-19-6-7-20(14)12-5-4-11(3)13(8-12)15(16,17)18/h4-5,8,10,14,19H,6-7,9H2,1-3H3. The number of hydrogen-bond acceptors (Lipinski definition) is 2. The summed E-state index contributed by atoms with van der Waals surface area (Å²) in [6.45, 7) is 8.06. The Morgan fingerprint density at radius 3 is 2.60 bits per heavy atom. The van der Waals surface area contributed by atoms with Gasteiger partial charge < -0.3 is 10.2 Å². The fourth-order valence-electron chi connectivity index (χ4n) is 2.74. The van der Waals surface area contributed by atoms with Gasteiger partial charge in [-0.05, 0) is 30.5 Å². The summed E-state index contributed by atoms with van der Waals surface area (Å²) < 4.78 is 39.1. The summed E-state index contributed by atoms with van der Waals surface area (Å²) in [5, 5.41) is 3.31. The number of nitrogens with zero attached hydrogens (tertiary/aromatic N) is 1. The monoisotopic (exact) mass is 286 g/mol. The van der Waals surface area contributed by atoms with Crippen LogP contribution in [0.3, 0.4) is 0 Å². The molecule has 2 nitrogen and oxygen atoms in total. The maximum atomic E-state index is 13.0. The highest BCUT2D eigenvalue weighted by Gasteiger charge is 2.34. The highest BCUT2D eigenvalue weighted by atomic mass is 19.4. The van der Waals surface area contributed by atoms with Gasteiger partial charge in [0.05, 0.1) is 5.56 Å². The van der Waals surface area contributed by atoms with Gasteiger partial charge in [-0.15, -0.1) is 0 Å². The van der Waals surface area contributed by atoms with E-state index in [0.29, 0.717) is 11.6 Å². The molecule has 1 aliphatic rings. The zero-order valence-corrected chi connectivity index (χ0v) is 12.1.